The number of ether oxygens (including phenoxy) is 2. The van der Waals surface area contributed by atoms with Gasteiger partial charge in [-0.15, -0.1) is 0 Å². The number of rotatable bonds is 8. The van der Waals surface area contributed by atoms with Gasteiger partial charge in [-0.1, -0.05) is 84.1 Å². The summed E-state index contributed by atoms with van der Waals surface area (Å²) in [6.45, 7) is 8.58. The number of fused-ring (bicyclic) bond motifs is 3. The lowest BCUT2D eigenvalue weighted by molar-refractivity contribution is -0.143. The van der Waals surface area contributed by atoms with E-state index in [1.807, 2.05) is 63.2 Å². The van der Waals surface area contributed by atoms with Gasteiger partial charge in [0.25, 0.3) is 5.56 Å². The molecule has 1 atom stereocenters. The first kappa shape index (κ1) is 30.4. The smallest absolute Gasteiger partial charge is 0.338 e. The van der Waals surface area contributed by atoms with Crippen molar-refractivity contribution in [3.05, 3.63) is 145 Å². The van der Waals surface area contributed by atoms with Crippen molar-refractivity contribution in [1.82, 2.24) is 9.13 Å². The van der Waals surface area contributed by atoms with Crippen molar-refractivity contribution in [2.45, 2.75) is 46.4 Å². The topological polar surface area (TPSA) is 74.8 Å². The number of aromatic nitrogens is 2. The van der Waals surface area contributed by atoms with Crippen LogP contribution < -0.4 is 19.6 Å². The molecule has 2 aromatic heterocycles. The quantitative estimate of drug-likeness (QED) is 0.173. The van der Waals surface area contributed by atoms with Crippen LogP contribution in [0.4, 0.5) is 0 Å². The first-order valence-corrected chi connectivity index (χ1v) is 16.6. The van der Waals surface area contributed by atoms with E-state index in [4.69, 9.17) is 14.5 Å². The summed E-state index contributed by atoms with van der Waals surface area (Å²) in [5.41, 5.74) is 4.71. The molecule has 0 aliphatic carbocycles. The Labute approximate surface area is 276 Å². The van der Waals surface area contributed by atoms with Gasteiger partial charge in [0.15, 0.2) is 4.80 Å². The number of carbonyl (C=O) groups is 1. The third kappa shape index (κ3) is 5.70. The number of hydrogen-bond donors (Lipinski definition) is 0. The minimum absolute atomic E-state index is 0.208. The lowest BCUT2D eigenvalue weighted by atomic mass is 9.96. The van der Waals surface area contributed by atoms with E-state index in [0.717, 1.165) is 27.8 Å². The van der Waals surface area contributed by atoms with E-state index in [1.165, 1.54) is 27.7 Å². The molecule has 1 aliphatic rings. The molecular formula is C39H35N3O4S. The lowest BCUT2D eigenvalue weighted by Crippen LogP contribution is -2.40. The molecule has 47 heavy (non-hydrogen) atoms. The molecule has 0 amide bonds. The van der Waals surface area contributed by atoms with Crippen molar-refractivity contribution in [3.63, 3.8) is 0 Å². The van der Waals surface area contributed by atoms with Crippen molar-refractivity contribution in [2.24, 2.45) is 4.99 Å². The third-order valence-corrected chi connectivity index (χ3v) is 9.40. The number of allylic oxidation sites excluding steroid dienone is 1. The number of para-hydroxylation sites is 1. The molecular weight excluding hydrogens is 607 g/mol. The molecule has 0 bridgehead atoms. The maximum absolute atomic E-state index is 14.3. The summed E-state index contributed by atoms with van der Waals surface area (Å²) in [5.74, 6) is 0.237. The normalized spacial score (nSPS) is 14.9. The summed E-state index contributed by atoms with van der Waals surface area (Å²) < 4.78 is 15.7. The fourth-order valence-corrected chi connectivity index (χ4v) is 7.40. The second-order valence-corrected chi connectivity index (χ2v) is 12.9. The van der Waals surface area contributed by atoms with Crippen LogP contribution in [-0.4, -0.2) is 27.8 Å². The molecule has 7 nitrogen and oxygen atoms in total. The Morgan fingerprint density at radius 2 is 1.68 bits per heavy atom. The van der Waals surface area contributed by atoms with Gasteiger partial charge in [-0.3, -0.25) is 9.36 Å². The molecule has 0 radical (unpaired) electrons. The maximum Gasteiger partial charge on any atom is 0.338 e. The van der Waals surface area contributed by atoms with Crippen molar-refractivity contribution in [1.29, 1.82) is 0 Å². The largest absolute Gasteiger partial charge is 0.494 e. The Balaban J connectivity index is 1.36. The lowest BCUT2D eigenvalue weighted by Gasteiger charge is -2.25. The number of hydrogen-bond acceptors (Lipinski definition) is 6. The average molecular weight is 642 g/mol. The molecule has 8 heteroatoms. The van der Waals surface area contributed by atoms with Crippen LogP contribution >= 0.6 is 11.3 Å². The van der Waals surface area contributed by atoms with Crippen molar-refractivity contribution < 1.29 is 14.3 Å². The minimum atomic E-state index is -0.692. The maximum atomic E-state index is 14.3. The van der Waals surface area contributed by atoms with Gasteiger partial charge in [0.05, 0.1) is 34.6 Å². The SMILES string of the molecule is CCOc1ccc([C@H]2C(C(=O)OC(C)C)=C(C)N=c3s/c(=C/c4cn(Cc5cccc6ccccc56)c5ccccc45)c(=O)n32)cc1. The molecule has 7 rings (SSSR count). The predicted octanol–water partition coefficient (Wildman–Crippen LogP) is 6.74. The highest BCUT2D eigenvalue weighted by molar-refractivity contribution is 7.07. The molecule has 0 saturated carbocycles. The van der Waals surface area contributed by atoms with Crippen molar-refractivity contribution >= 4 is 45.1 Å². The van der Waals surface area contributed by atoms with Gasteiger partial charge in [-0.2, -0.15) is 0 Å². The fourth-order valence-electron chi connectivity index (χ4n) is 6.36. The van der Waals surface area contributed by atoms with Gasteiger partial charge < -0.3 is 14.0 Å². The Kier molecular flexibility index (Phi) is 8.12. The molecule has 1 aliphatic heterocycles. The number of nitrogens with zero attached hydrogens (tertiary/aromatic N) is 3. The van der Waals surface area contributed by atoms with E-state index in [0.29, 0.717) is 33.8 Å². The standard InChI is InChI=1S/C39H35N3O4S/c1-5-45-30-19-17-27(18-20-30)36-35(38(44)46-24(2)3)25(4)40-39-42(36)37(43)34(47-39)21-29-23-41(33-16-9-8-15-32(29)33)22-28-13-10-12-26-11-6-7-14-31(26)28/h6-21,23-24,36H,5,22H2,1-4H3/b34-21+/t36-/m0/s1. The van der Waals surface area contributed by atoms with Gasteiger partial charge in [0.2, 0.25) is 0 Å². The Bertz CT molecular complexity index is 2350. The van der Waals surface area contributed by atoms with Gasteiger partial charge in [0, 0.05) is 29.2 Å². The molecule has 4 aromatic carbocycles. The van der Waals surface area contributed by atoms with E-state index in [2.05, 4.69) is 65.4 Å². The second kappa shape index (κ2) is 12.5. The van der Waals surface area contributed by atoms with Gasteiger partial charge in [-0.05, 0) is 73.9 Å². The Morgan fingerprint density at radius 3 is 2.45 bits per heavy atom. The molecule has 0 N–H and O–H groups in total. The highest BCUT2D eigenvalue weighted by Crippen LogP contribution is 2.32. The van der Waals surface area contributed by atoms with Crippen LogP contribution in [0, 0.1) is 0 Å². The summed E-state index contributed by atoms with van der Waals surface area (Å²) in [5, 5.41) is 3.48. The minimum Gasteiger partial charge on any atom is -0.494 e. The second-order valence-electron chi connectivity index (χ2n) is 11.9. The zero-order chi connectivity index (χ0) is 32.7. The van der Waals surface area contributed by atoms with Crippen LogP contribution in [-0.2, 0) is 16.1 Å². The fraction of sp³-hybridized carbons (Fsp3) is 0.205. The Hall–Kier alpha value is -5.21. The van der Waals surface area contributed by atoms with Gasteiger partial charge in [-0.25, -0.2) is 9.79 Å². The van der Waals surface area contributed by atoms with E-state index < -0.39 is 12.0 Å². The summed E-state index contributed by atoms with van der Waals surface area (Å²) in [6.07, 6.45) is 3.75. The third-order valence-electron chi connectivity index (χ3n) is 8.42. The highest BCUT2D eigenvalue weighted by Gasteiger charge is 2.34. The molecule has 0 fully saturated rings. The Morgan fingerprint density at radius 1 is 0.957 bits per heavy atom. The van der Waals surface area contributed by atoms with Crippen LogP contribution in [0.1, 0.15) is 50.4 Å². The zero-order valence-corrected chi connectivity index (χ0v) is 27.6. The van der Waals surface area contributed by atoms with Crippen LogP contribution in [0.15, 0.2) is 118 Å². The van der Waals surface area contributed by atoms with E-state index in [9.17, 15) is 9.59 Å². The van der Waals surface area contributed by atoms with Crippen LogP contribution in [0.5, 0.6) is 5.75 Å². The predicted molar refractivity (Wildman–Crippen MR) is 188 cm³/mol. The number of benzene rings is 4. The average Bonchev–Trinajstić information content (AvgIpc) is 3.56. The molecule has 236 valence electrons. The first-order chi connectivity index (χ1) is 22.8. The number of thiazole rings is 1. The molecule has 6 aromatic rings. The number of esters is 1. The van der Waals surface area contributed by atoms with Crippen molar-refractivity contribution in [2.75, 3.05) is 6.61 Å². The molecule has 0 spiro atoms. The molecule has 0 unspecified atom stereocenters. The van der Waals surface area contributed by atoms with Crippen molar-refractivity contribution in [3.8, 4) is 5.75 Å². The monoisotopic (exact) mass is 641 g/mol. The van der Waals surface area contributed by atoms with E-state index >= 15 is 0 Å². The van der Waals surface area contributed by atoms with Crippen LogP contribution in [0.25, 0.3) is 27.8 Å². The van der Waals surface area contributed by atoms with Crippen LogP contribution in [0.3, 0.4) is 0 Å². The summed E-state index contributed by atoms with van der Waals surface area (Å²) in [7, 11) is 0. The zero-order valence-electron chi connectivity index (χ0n) is 26.8. The van der Waals surface area contributed by atoms with Crippen LogP contribution in [0.2, 0.25) is 0 Å². The highest BCUT2D eigenvalue weighted by atomic mass is 32.1. The summed E-state index contributed by atoms with van der Waals surface area (Å²) >= 11 is 1.33. The summed E-state index contributed by atoms with van der Waals surface area (Å²) in [4.78, 5) is 33.1. The molecule has 0 saturated heterocycles. The van der Waals surface area contributed by atoms with E-state index in [1.54, 1.807) is 11.5 Å². The summed E-state index contributed by atoms with van der Waals surface area (Å²) in [6, 6.07) is 29.9. The van der Waals surface area contributed by atoms with Gasteiger partial charge >= 0.3 is 5.97 Å². The van der Waals surface area contributed by atoms with E-state index in [-0.39, 0.29) is 11.7 Å². The number of carbonyl (C=O) groups excluding carboxylic acids is 1. The van der Waals surface area contributed by atoms with Gasteiger partial charge in [0.1, 0.15) is 5.75 Å². The molecule has 3 heterocycles. The first-order valence-electron chi connectivity index (χ1n) is 15.8.